The van der Waals surface area contributed by atoms with Crippen LogP contribution < -0.4 is 0 Å². The Balaban J connectivity index is 0.000000231. The number of benzene rings is 4. The van der Waals surface area contributed by atoms with E-state index in [-0.39, 0.29) is 63.1 Å². The Morgan fingerprint density at radius 2 is 1.05 bits per heavy atom. The number of carbonyl (C=O) groups excluding carboxylic acids is 2. The molecule has 0 saturated carbocycles. The summed E-state index contributed by atoms with van der Waals surface area (Å²) < 4.78 is 55.1. The number of sulfonamides is 1. The number of aliphatic hydroxyl groups is 5. The van der Waals surface area contributed by atoms with Crippen LogP contribution >= 0.6 is 0 Å². The van der Waals surface area contributed by atoms with Gasteiger partial charge in [-0.05, 0) is 76.4 Å². The van der Waals surface area contributed by atoms with Crippen molar-refractivity contribution in [3.8, 4) is 44.8 Å². The molecule has 2 aliphatic rings. The summed E-state index contributed by atoms with van der Waals surface area (Å²) in [5, 5.41) is 60.0. The lowest BCUT2D eigenvalue weighted by Crippen LogP contribution is -2.32. The zero-order valence-electron chi connectivity index (χ0n) is 45.6. The molecule has 422 valence electrons. The molecule has 15 nitrogen and oxygen atoms in total. The molecule has 6 N–H and O–H groups in total. The highest BCUT2D eigenvalue weighted by Gasteiger charge is 2.32. The lowest BCUT2D eigenvalue weighted by Gasteiger charge is -2.24. The summed E-state index contributed by atoms with van der Waals surface area (Å²) in [6, 6.07) is 27.2. The highest BCUT2D eigenvalue weighted by Crippen LogP contribution is 2.44. The molecule has 4 aromatic carbocycles. The smallest absolute Gasteiger partial charge is 0.305 e. The Labute approximate surface area is 465 Å². The minimum atomic E-state index is -3.60. The van der Waals surface area contributed by atoms with Gasteiger partial charge in [0.05, 0.1) is 59.9 Å². The lowest BCUT2D eigenvalue weighted by molar-refractivity contribution is -0.139. The molecule has 0 radical (unpaired) electrons. The van der Waals surface area contributed by atoms with Crippen LogP contribution in [0.3, 0.4) is 0 Å². The standard InChI is InChI=1S/C31H33FN2O6.C31H35FN2O5S/c1-18(2)30-25(12-11-22(36)13-23(37)14-28(39)40)29(19-7-9-21(32)10-8-19)26-16-34(27(38)17-35)15-20-5-3-4-6-24(20)31(26)33-30;1-19(2)30-27(14-13-24(36)16-25(37)15-20(3)35)29(21-9-11-23(32)12-10-21)28-18-34(40(4,38)39)17-22-7-5-6-8-26(22)31(28)33-30/h3-12,18,22-23,35-37H,13-17H2,1-2H3,(H,39,40);5-14,19,24-25,36-37H,15-18H2,1-4H3/b12-11+;14-13+/t22-,23-;24-,25+/m11/s1. The first kappa shape index (κ1) is 60.5. The molecule has 4 heterocycles. The van der Waals surface area contributed by atoms with E-state index in [1.807, 2.05) is 76.2 Å². The van der Waals surface area contributed by atoms with E-state index in [1.54, 1.807) is 47.4 Å². The van der Waals surface area contributed by atoms with Crippen LogP contribution in [0.2, 0.25) is 0 Å². The van der Waals surface area contributed by atoms with Gasteiger partial charge in [-0.1, -0.05) is 125 Å². The number of ketones is 1. The van der Waals surface area contributed by atoms with Crippen LogP contribution in [0.1, 0.15) is 117 Å². The second kappa shape index (κ2) is 26.4. The van der Waals surface area contributed by atoms with E-state index in [0.29, 0.717) is 61.6 Å². The molecule has 0 fully saturated rings. The molecule has 2 aliphatic heterocycles. The van der Waals surface area contributed by atoms with Gasteiger partial charge in [0, 0.05) is 78.8 Å². The van der Waals surface area contributed by atoms with Gasteiger partial charge in [-0.25, -0.2) is 17.2 Å². The third kappa shape index (κ3) is 14.8. The van der Waals surface area contributed by atoms with Crippen LogP contribution in [-0.2, 0) is 50.6 Å². The zero-order valence-corrected chi connectivity index (χ0v) is 46.4. The predicted molar refractivity (Wildman–Crippen MR) is 303 cm³/mol. The van der Waals surface area contributed by atoms with Gasteiger partial charge in [-0.2, -0.15) is 4.31 Å². The average Bonchev–Trinajstić information content (AvgIpc) is 3.78. The molecule has 8 rings (SSSR count). The van der Waals surface area contributed by atoms with Crippen LogP contribution in [0.25, 0.3) is 56.9 Å². The normalized spacial score (nSPS) is 15.0. The van der Waals surface area contributed by atoms with Crippen molar-refractivity contribution in [2.24, 2.45) is 0 Å². The van der Waals surface area contributed by atoms with Crippen molar-refractivity contribution in [3.05, 3.63) is 166 Å². The number of aromatic nitrogens is 2. The third-order valence-corrected chi connectivity index (χ3v) is 15.1. The Bertz CT molecular complexity index is 3400. The van der Waals surface area contributed by atoms with Gasteiger partial charge in [0.25, 0.3) is 0 Å². The van der Waals surface area contributed by atoms with E-state index in [9.17, 15) is 57.1 Å². The predicted octanol–water partition coefficient (Wildman–Crippen LogP) is 9.17. The number of pyridine rings is 2. The van der Waals surface area contributed by atoms with Crippen LogP contribution in [0.4, 0.5) is 8.78 Å². The van der Waals surface area contributed by atoms with Crippen molar-refractivity contribution in [1.29, 1.82) is 0 Å². The van der Waals surface area contributed by atoms with Crippen molar-refractivity contribution in [2.75, 3.05) is 12.9 Å². The van der Waals surface area contributed by atoms with Gasteiger partial charge in [-0.15, -0.1) is 0 Å². The number of hydrogen-bond acceptors (Lipinski definition) is 12. The number of carboxylic acid groups (broad SMARTS) is 1. The monoisotopic (exact) mass is 1110 g/mol. The van der Waals surface area contributed by atoms with E-state index < -0.39 is 71.0 Å². The third-order valence-electron chi connectivity index (χ3n) is 13.9. The lowest BCUT2D eigenvalue weighted by atomic mass is 9.87. The van der Waals surface area contributed by atoms with Gasteiger partial charge in [-0.3, -0.25) is 24.4 Å². The number of aliphatic hydroxyl groups excluding tert-OH is 5. The number of rotatable bonds is 18. The van der Waals surface area contributed by atoms with Crippen molar-refractivity contribution in [3.63, 3.8) is 0 Å². The van der Waals surface area contributed by atoms with Crippen molar-refractivity contribution >= 4 is 39.8 Å². The molecule has 0 aliphatic carbocycles. The number of carbonyl (C=O) groups is 3. The second-order valence-corrected chi connectivity index (χ2v) is 22.9. The first-order valence-electron chi connectivity index (χ1n) is 26.4. The van der Waals surface area contributed by atoms with Crippen LogP contribution in [-0.4, -0.2) is 113 Å². The van der Waals surface area contributed by atoms with Crippen molar-refractivity contribution in [2.45, 2.75) is 123 Å². The molecule has 2 aromatic heterocycles. The van der Waals surface area contributed by atoms with Crippen molar-refractivity contribution < 1.29 is 62.2 Å². The largest absolute Gasteiger partial charge is 0.481 e. The summed E-state index contributed by atoms with van der Waals surface area (Å²) in [5.41, 5.74) is 11.7. The summed E-state index contributed by atoms with van der Waals surface area (Å²) in [5.74, 6) is -2.70. The Morgan fingerprint density at radius 3 is 1.46 bits per heavy atom. The Hall–Kier alpha value is -7.16. The van der Waals surface area contributed by atoms with E-state index >= 15 is 0 Å². The highest BCUT2D eigenvalue weighted by atomic mass is 32.2. The fourth-order valence-corrected chi connectivity index (χ4v) is 10.9. The summed E-state index contributed by atoms with van der Waals surface area (Å²) in [7, 11) is -3.60. The average molecular weight is 1120 g/mol. The maximum Gasteiger partial charge on any atom is 0.305 e. The van der Waals surface area contributed by atoms with Crippen LogP contribution in [0.15, 0.2) is 109 Å². The van der Waals surface area contributed by atoms with Gasteiger partial charge in [0.2, 0.25) is 15.9 Å². The van der Waals surface area contributed by atoms with E-state index in [4.69, 9.17) is 15.1 Å². The maximum absolute atomic E-state index is 14.0. The first-order valence-corrected chi connectivity index (χ1v) is 28.2. The summed E-state index contributed by atoms with van der Waals surface area (Å²) in [4.78, 5) is 46.8. The van der Waals surface area contributed by atoms with Gasteiger partial charge in [0.15, 0.2) is 0 Å². The zero-order chi connectivity index (χ0) is 58.2. The van der Waals surface area contributed by atoms with Crippen LogP contribution in [0.5, 0.6) is 0 Å². The molecule has 4 atom stereocenters. The molecule has 1 amide bonds. The molecule has 0 saturated heterocycles. The van der Waals surface area contributed by atoms with E-state index in [0.717, 1.165) is 27.9 Å². The van der Waals surface area contributed by atoms with Gasteiger partial charge in [0.1, 0.15) is 24.0 Å². The Morgan fingerprint density at radius 1 is 0.625 bits per heavy atom. The number of fused-ring (bicyclic) bond motifs is 6. The summed E-state index contributed by atoms with van der Waals surface area (Å²) in [6.07, 6.45) is 2.51. The maximum atomic E-state index is 14.0. The fraction of sp³-hybridized carbons (Fsp3) is 0.339. The number of halogens is 2. The topological polar surface area (TPSA) is 239 Å². The number of hydrogen-bond donors (Lipinski definition) is 6. The molecule has 18 heteroatoms. The summed E-state index contributed by atoms with van der Waals surface area (Å²) >= 11 is 0. The highest BCUT2D eigenvalue weighted by molar-refractivity contribution is 7.88. The molecule has 6 aromatic rings. The SMILES string of the molecule is CC(=O)C[C@H](O)C[C@H](O)/C=C/c1c(C(C)C)nc2c(c1-c1ccc(F)cc1)CN(S(C)(=O)=O)Cc1ccccc1-2.CC(C)c1nc2c(c(-c3ccc(F)cc3)c1/C=C/[C@@H](O)C[C@@H](O)CC(=O)O)CN(C(=O)CO)Cc1ccccc1-2. The quantitative estimate of drug-likeness (QED) is 0.0471. The molecule has 80 heavy (non-hydrogen) atoms. The molecular formula is C62H68F2N4O11S. The van der Waals surface area contributed by atoms with Gasteiger partial charge < -0.3 is 35.5 Å². The second-order valence-electron chi connectivity index (χ2n) is 20.9. The number of amides is 1. The molecule has 0 spiro atoms. The Kier molecular flexibility index (Phi) is 20.0. The first-order chi connectivity index (χ1) is 37.9. The van der Waals surface area contributed by atoms with E-state index in [1.165, 1.54) is 47.8 Å². The van der Waals surface area contributed by atoms with Gasteiger partial charge >= 0.3 is 5.97 Å². The summed E-state index contributed by atoms with van der Waals surface area (Å²) in [6.45, 7) is 9.35. The minimum absolute atomic E-state index is 0.0213. The minimum Gasteiger partial charge on any atom is -0.481 e. The number of nitrogens with zero attached hydrogens (tertiary/aromatic N) is 4. The fourth-order valence-electron chi connectivity index (χ4n) is 10.2. The van der Waals surface area contributed by atoms with Crippen LogP contribution in [0, 0.1) is 11.6 Å². The number of carboxylic acids is 1. The number of Topliss-reactive ketones (excluding diaryl/α,β-unsaturated/α-hetero) is 1. The molecular weight excluding hydrogens is 1050 g/mol. The molecule has 0 unspecified atom stereocenters. The number of aliphatic carboxylic acids is 1. The van der Waals surface area contributed by atoms with E-state index in [2.05, 4.69) is 0 Å². The van der Waals surface area contributed by atoms with Crippen molar-refractivity contribution in [1.82, 2.24) is 19.2 Å². The molecule has 0 bridgehead atoms.